The normalized spacial score (nSPS) is 13.9. The molecule has 0 aliphatic carbocycles. The van der Waals surface area contributed by atoms with Crippen molar-refractivity contribution in [2.45, 2.75) is 21.3 Å². The van der Waals surface area contributed by atoms with Crippen molar-refractivity contribution in [1.82, 2.24) is 4.90 Å². The molecule has 0 spiro atoms. The Morgan fingerprint density at radius 3 is 2.24 bits per heavy atom. The fourth-order valence-electron chi connectivity index (χ4n) is 1.93. The van der Waals surface area contributed by atoms with Crippen LogP contribution < -0.4 is 5.32 Å². The molecule has 0 aliphatic rings. The van der Waals surface area contributed by atoms with Gasteiger partial charge in [-0.3, -0.25) is 9.42 Å². The molecular weight excluding hydrogens is 616 g/mol. The second kappa shape index (κ2) is 11.4. The number of hydrogen-bond acceptors (Lipinski definition) is 5. The number of halogens is 7. The van der Waals surface area contributed by atoms with Gasteiger partial charge in [-0.05, 0) is 52.9 Å². The summed E-state index contributed by atoms with van der Waals surface area (Å²) in [6, 6.07) is 4.14. The zero-order valence-corrected chi connectivity index (χ0v) is 22.9. The van der Waals surface area contributed by atoms with Crippen molar-refractivity contribution in [2.24, 2.45) is 0 Å². The predicted molar refractivity (Wildman–Crippen MR) is 128 cm³/mol. The fraction of sp³-hybridized carbons (Fsp3) is 0.500. The summed E-state index contributed by atoms with van der Waals surface area (Å²) in [6.07, 6.45) is -1.56. The molecule has 1 aromatic carbocycles. The standard InChI is InChI=1S/C14H16BrCl6N2O4PS/c1-4-23(12(24)22-8-5-6-9(15)10(16)7-8)11(13(17,18)14(19,20)21)27-28(29,25-2)26-3/h5-7,11H,4H2,1-3H3,(H,22,24). The van der Waals surface area contributed by atoms with Gasteiger partial charge in [-0.1, -0.05) is 69.6 Å². The fourth-order valence-corrected chi connectivity index (χ4v) is 4.17. The Hall–Kier alpha value is 1.24. The Labute approximate surface area is 212 Å². The van der Waals surface area contributed by atoms with Crippen LogP contribution in [0.3, 0.4) is 0 Å². The molecule has 1 aromatic rings. The molecule has 0 fully saturated rings. The van der Waals surface area contributed by atoms with Crippen LogP contribution in [0.2, 0.25) is 5.02 Å². The summed E-state index contributed by atoms with van der Waals surface area (Å²) in [4.78, 5) is 14.0. The van der Waals surface area contributed by atoms with Crippen LogP contribution in [0.15, 0.2) is 22.7 Å². The molecule has 0 bridgehead atoms. The lowest BCUT2D eigenvalue weighted by Crippen LogP contribution is -2.56. The first-order valence-electron chi connectivity index (χ1n) is 7.59. The van der Waals surface area contributed by atoms with Crippen molar-refractivity contribution >= 4 is 116 Å². The molecule has 1 atom stereocenters. The number of amides is 2. The van der Waals surface area contributed by atoms with Crippen molar-refractivity contribution in [3.8, 4) is 0 Å². The van der Waals surface area contributed by atoms with Gasteiger partial charge < -0.3 is 14.4 Å². The lowest BCUT2D eigenvalue weighted by molar-refractivity contribution is 0.0288. The molecule has 0 saturated heterocycles. The lowest BCUT2D eigenvalue weighted by Gasteiger charge is -2.42. The number of nitrogens with zero attached hydrogens (tertiary/aromatic N) is 1. The number of benzene rings is 1. The van der Waals surface area contributed by atoms with Crippen LogP contribution in [0.4, 0.5) is 10.5 Å². The Morgan fingerprint density at radius 2 is 1.83 bits per heavy atom. The summed E-state index contributed by atoms with van der Waals surface area (Å²) < 4.78 is 12.0. The number of carbonyl (C=O) groups excluding carboxylic acids is 1. The van der Waals surface area contributed by atoms with E-state index in [-0.39, 0.29) is 6.54 Å². The van der Waals surface area contributed by atoms with Crippen molar-refractivity contribution in [3.05, 3.63) is 27.7 Å². The minimum Gasteiger partial charge on any atom is -0.312 e. The molecule has 15 heteroatoms. The van der Waals surface area contributed by atoms with E-state index in [1.807, 2.05) is 0 Å². The summed E-state index contributed by atoms with van der Waals surface area (Å²) in [5.41, 5.74) is 0.391. The van der Waals surface area contributed by atoms with Crippen LogP contribution in [0.5, 0.6) is 0 Å². The highest BCUT2D eigenvalue weighted by Gasteiger charge is 2.57. The number of nitrogens with one attached hydrogen (secondary N) is 1. The Kier molecular flexibility index (Phi) is 11.1. The molecule has 1 unspecified atom stereocenters. The maximum absolute atomic E-state index is 12.9. The molecule has 29 heavy (non-hydrogen) atoms. The van der Waals surface area contributed by atoms with Gasteiger partial charge in [-0.25, -0.2) is 4.79 Å². The number of alkyl halides is 5. The van der Waals surface area contributed by atoms with Gasteiger partial charge in [0.25, 0.3) is 0 Å². The highest BCUT2D eigenvalue weighted by atomic mass is 79.9. The smallest absolute Gasteiger partial charge is 0.312 e. The van der Waals surface area contributed by atoms with Gasteiger partial charge in [0.05, 0.1) is 5.02 Å². The van der Waals surface area contributed by atoms with Crippen LogP contribution in [0, 0.1) is 0 Å². The highest BCUT2D eigenvalue weighted by molar-refractivity contribution is 9.10. The monoisotopic (exact) mass is 628 g/mol. The van der Waals surface area contributed by atoms with E-state index in [1.54, 1.807) is 19.1 Å². The zero-order valence-electron chi connectivity index (χ0n) is 15.1. The summed E-state index contributed by atoms with van der Waals surface area (Å²) in [5.74, 6) is 0. The molecule has 2 amide bonds. The predicted octanol–water partition coefficient (Wildman–Crippen LogP) is 7.36. The quantitative estimate of drug-likeness (QED) is 0.185. The van der Waals surface area contributed by atoms with Crippen LogP contribution in [0.1, 0.15) is 6.92 Å². The van der Waals surface area contributed by atoms with Crippen LogP contribution in [0.25, 0.3) is 0 Å². The van der Waals surface area contributed by atoms with E-state index in [2.05, 4.69) is 21.2 Å². The molecule has 0 aromatic heterocycles. The average Bonchev–Trinajstić information content (AvgIpc) is 2.63. The van der Waals surface area contributed by atoms with Crippen molar-refractivity contribution < 1.29 is 18.4 Å². The number of hydrogen-bond donors (Lipinski definition) is 1. The summed E-state index contributed by atoms with van der Waals surface area (Å²) in [7, 11) is 2.53. The van der Waals surface area contributed by atoms with Crippen molar-refractivity contribution in [2.75, 3.05) is 26.1 Å². The minimum absolute atomic E-state index is 0.0471. The highest BCUT2D eigenvalue weighted by Crippen LogP contribution is 2.56. The molecule has 1 rings (SSSR count). The average molecular weight is 632 g/mol. The zero-order chi connectivity index (χ0) is 22.6. The SMILES string of the molecule is CCN(C(=O)Nc1ccc(Br)c(Cl)c1)C(OP(=S)(OC)OC)C(Cl)(Cl)C(Cl)(Cl)Cl. The van der Waals surface area contributed by atoms with Gasteiger partial charge in [0.1, 0.15) is 0 Å². The minimum atomic E-state index is -3.37. The summed E-state index contributed by atoms with van der Waals surface area (Å²) in [5, 5.41) is 3.03. The van der Waals surface area contributed by atoms with E-state index < -0.39 is 27.1 Å². The third-order valence-corrected chi connectivity index (χ3v) is 9.57. The van der Waals surface area contributed by atoms with Gasteiger partial charge in [0, 0.05) is 30.9 Å². The number of anilines is 1. The second-order valence-electron chi connectivity index (χ2n) is 5.24. The third-order valence-electron chi connectivity index (χ3n) is 3.42. The van der Waals surface area contributed by atoms with E-state index in [0.717, 1.165) is 4.90 Å². The number of rotatable bonds is 8. The van der Waals surface area contributed by atoms with Crippen LogP contribution in [-0.4, -0.2) is 46.0 Å². The maximum Gasteiger partial charge on any atom is 0.328 e. The molecule has 0 radical (unpaired) electrons. The van der Waals surface area contributed by atoms with Gasteiger partial charge in [-0.15, -0.1) is 0 Å². The van der Waals surface area contributed by atoms with Crippen molar-refractivity contribution in [3.63, 3.8) is 0 Å². The Balaban J connectivity index is 3.32. The second-order valence-corrected chi connectivity index (χ2v) is 13.3. The molecule has 1 N–H and O–H groups in total. The van der Waals surface area contributed by atoms with Crippen LogP contribution in [-0.2, 0) is 25.4 Å². The molecular formula is C14H16BrCl6N2O4PS. The Bertz CT molecular complexity index is 777. The number of urea groups is 1. The van der Waals surface area contributed by atoms with E-state index in [4.69, 9.17) is 95.0 Å². The van der Waals surface area contributed by atoms with Crippen molar-refractivity contribution in [1.29, 1.82) is 0 Å². The third kappa shape index (κ3) is 7.37. The van der Waals surface area contributed by atoms with E-state index >= 15 is 0 Å². The molecule has 6 nitrogen and oxygen atoms in total. The van der Waals surface area contributed by atoms with E-state index in [0.29, 0.717) is 15.2 Å². The van der Waals surface area contributed by atoms with Gasteiger partial charge in [-0.2, -0.15) is 0 Å². The first-order chi connectivity index (χ1) is 13.2. The summed E-state index contributed by atoms with van der Waals surface area (Å²) in [6.45, 7) is -1.69. The van der Waals surface area contributed by atoms with Gasteiger partial charge in [0.15, 0.2) is 6.23 Å². The van der Waals surface area contributed by atoms with Crippen LogP contribution >= 0.6 is 92.3 Å². The summed E-state index contributed by atoms with van der Waals surface area (Å²) >= 11 is 45.0. The molecule has 0 heterocycles. The van der Waals surface area contributed by atoms with Gasteiger partial charge in [0.2, 0.25) is 8.13 Å². The number of carbonyl (C=O) groups is 1. The first kappa shape index (κ1) is 28.3. The maximum atomic E-state index is 12.9. The van der Waals surface area contributed by atoms with E-state index in [9.17, 15) is 4.79 Å². The largest absolute Gasteiger partial charge is 0.328 e. The first-order valence-corrected chi connectivity index (χ1v) is 13.2. The Morgan fingerprint density at radius 1 is 1.28 bits per heavy atom. The molecule has 0 saturated carbocycles. The molecule has 0 aliphatic heterocycles. The molecule has 166 valence electrons. The lowest BCUT2D eigenvalue weighted by atomic mass is 10.3. The van der Waals surface area contributed by atoms with Gasteiger partial charge >= 0.3 is 12.7 Å². The topological polar surface area (TPSA) is 60.0 Å². The van der Waals surface area contributed by atoms with E-state index in [1.165, 1.54) is 20.3 Å².